The first-order valence-electron chi connectivity index (χ1n) is 7.82. The molecule has 1 aromatic heterocycles. The van der Waals surface area contributed by atoms with E-state index in [1.807, 2.05) is 0 Å². The van der Waals surface area contributed by atoms with Crippen molar-refractivity contribution >= 4 is 21.6 Å². The number of anilines is 1. The lowest BCUT2D eigenvalue weighted by molar-refractivity contribution is 0.261. The van der Waals surface area contributed by atoms with Crippen molar-refractivity contribution in [3.8, 4) is 0 Å². The van der Waals surface area contributed by atoms with Crippen molar-refractivity contribution < 1.29 is 0 Å². The molecule has 1 aromatic rings. The first-order chi connectivity index (χ1) is 10.1. The highest BCUT2D eigenvalue weighted by Crippen LogP contribution is 2.28. The molecule has 1 saturated heterocycles. The predicted octanol–water partition coefficient (Wildman–Crippen LogP) is 1.99. The summed E-state index contributed by atoms with van der Waals surface area (Å²) in [6, 6.07) is 0.700. The summed E-state index contributed by atoms with van der Waals surface area (Å²) in [5.74, 6) is 0.628. The van der Waals surface area contributed by atoms with Gasteiger partial charge in [-0.1, -0.05) is 6.42 Å². The summed E-state index contributed by atoms with van der Waals surface area (Å²) in [6.07, 6.45) is 5.51. The molecule has 5 nitrogen and oxygen atoms in total. The molecule has 3 rings (SSSR count). The summed E-state index contributed by atoms with van der Waals surface area (Å²) >= 11 is 3.52. The van der Waals surface area contributed by atoms with Crippen LogP contribution in [0.15, 0.2) is 15.5 Å². The highest BCUT2D eigenvalue weighted by molar-refractivity contribution is 9.10. The van der Waals surface area contributed by atoms with Crippen LogP contribution < -0.4 is 15.8 Å². The van der Waals surface area contributed by atoms with E-state index in [0.29, 0.717) is 18.0 Å². The molecule has 0 radical (unpaired) electrons. The van der Waals surface area contributed by atoms with Crippen LogP contribution in [-0.2, 0) is 6.54 Å². The second-order valence-corrected chi connectivity index (χ2v) is 7.29. The van der Waals surface area contributed by atoms with E-state index in [9.17, 15) is 4.79 Å². The van der Waals surface area contributed by atoms with E-state index in [-0.39, 0.29) is 5.56 Å². The van der Waals surface area contributed by atoms with Gasteiger partial charge in [-0.2, -0.15) is 5.10 Å². The van der Waals surface area contributed by atoms with E-state index in [4.69, 9.17) is 0 Å². The van der Waals surface area contributed by atoms with E-state index >= 15 is 0 Å². The van der Waals surface area contributed by atoms with Gasteiger partial charge in [0.1, 0.15) is 5.69 Å². The van der Waals surface area contributed by atoms with Crippen molar-refractivity contribution in [1.29, 1.82) is 0 Å². The second-order valence-electron chi connectivity index (χ2n) is 6.44. The lowest BCUT2D eigenvalue weighted by Gasteiger charge is -2.39. The Morgan fingerprint density at radius 2 is 2.19 bits per heavy atom. The summed E-state index contributed by atoms with van der Waals surface area (Å²) in [7, 11) is 0. The number of hydrogen-bond donors (Lipinski definition) is 1. The molecule has 2 unspecified atom stereocenters. The van der Waals surface area contributed by atoms with Crippen molar-refractivity contribution in [2.75, 3.05) is 18.0 Å². The molecule has 1 aliphatic heterocycles. The molecule has 1 N–H and O–H groups in total. The Morgan fingerprint density at radius 1 is 1.43 bits per heavy atom. The fraction of sp³-hybridized carbons (Fsp3) is 0.733. The number of hydrogen-bond acceptors (Lipinski definition) is 4. The summed E-state index contributed by atoms with van der Waals surface area (Å²) in [5.41, 5.74) is 0.808. The molecular formula is C15H23BrN4O. The molecule has 2 heterocycles. The SMILES string of the molecule is CC1CN(c2c(Br)cnn(CC3CCC3)c2=O)C(C)CN1. The Balaban J connectivity index is 1.92. The van der Waals surface area contributed by atoms with Gasteiger partial charge in [0.2, 0.25) is 0 Å². The molecule has 1 aliphatic carbocycles. The minimum absolute atomic E-state index is 0.0391. The number of halogens is 1. The molecule has 0 amide bonds. The van der Waals surface area contributed by atoms with Crippen molar-refractivity contribution in [2.45, 2.75) is 51.7 Å². The van der Waals surface area contributed by atoms with Gasteiger partial charge in [-0.05, 0) is 48.5 Å². The van der Waals surface area contributed by atoms with Gasteiger partial charge in [0.15, 0.2) is 0 Å². The van der Waals surface area contributed by atoms with Crippen LogP contribution >= 0.6 is 15.9 Å². The minimum Gasteiger partial charge on any atom is -0.361 e. The minimum atomic E-state index is 0.0391. The van der Waals surface area contributed by atoms with Crippen LogP contribution in [0.3, 0.4) is 0 Å². The fourth-order valence-corrected chi connectivity index (χ4v) is 3.59. The highest BCUT2D eigenvalue weighted by atomic mass is 79.9. The van der Waals surface area contributed by atoms with Crippen LogP contribution in [0.4, 0.5) is 5.69 Å². The molecule has 21 heavy (non-hydrogen) atoms. The van der Waals surface area contributed by atoms with E-state index in [2.05, 4.69) is 45.1 Å². The zero-order chi connectivity index (χ0) is 15.0. The highest BCUT2D eigenvalue weighted by Gasteiger charge is 2.28. The molecule has 1 saturated carbocycles. The van der Waals surface area contributed by atoms with Gasteiger partial charge in [-0.15, -0.1) is 0 Å². The molecule has 0 bridgehead atoms. The smallest absolute Gasteiger partial charge is 0.291 e. The maximum atomic E-state index is 12.8. The average molecular weight is 355 g/mol. The van der Waals surface area contributed by atoms with Crippen molar-refractivity contribution in [2.24, 2.45) is 5.92 Å². The summed E-state index contributed by atoms with van der Waals surface area (Å²) in [6.45, 7) is 6.82. The first kappa shape index (κ1) is 15.0. The monoisotopic (exact) mass is 354 g/mol. The second kappa shape index (κ2) is 6.08. The Hall–Kier alpha value is -0.880. The van der Waals surface area contributed by atoms with Crippen molar-refractivity contribution in [3.05, 3.63) is 21.0 Å². The van der Waals surface area contributed by atoms with Gasteiger partial charge in [0, 0.05) is 31.7 Å². The first-order valence-corrected chi connectivity index (χ1v) is 8.61. The summed E-state index contributed by atoms with van der Waals surface area (Å²) < 4.78 is 2.46. The van der Waals surface area contributed by atoms with Gasteiger partial charge in [0.25, 0.3) is 5.56 Å². The van der Waals surface area contributed by atoms with Crippen molar-refractivity contribution in [3.63, 3.8) is 0 Å². The lowest BCUT2D eigenvalue weighted by atomic mass is 9.85. The maximum Gasteiger partial charge on any atom is 0.291 e. The number of rotatable bonds is 3. The predicted molar refractivity (Wildman–Crippen MR) is 87.8 cm³/mol. The third kappa shape index (κ3) is 3.01. The van der Waals surface area contributed by atoms with Gasteiger partial charge in [0.05, 0.1) is 10.7 Å². The van der Waals surface area contributed by atoms with Gasteiger partial charge in [-0.25, -0.2) is 4.68 Å². The molecule has 2 atom stereocenters. The molecule has 0 aromatic carbocycles. The fourth-order valence-electron chi connectivity index (χ4n) is 3.10. The van der Waals surface area contributed by atoms with Crippen LogP contribution in [0.2, 0.25) is 0 Å². The van der Waals surface area contributed by atoms with Crippen LogP contribution in [0.1, 0.15) is 33.1 Å². The van der Waals surface area contributed by atoms with Crippen molar-refractivity contribution in [1.82, 2.24) is 15.1 Å². The van der Waals surface area contributed by atoms with E-state index < -0.39 is 0 Å². The topological polar surface area (TPSA) is 50.2 Å². The normalized spacial score (nSPS) is 26.7. The van der Waals surface area contributed by atoms with E-state index in [1.165, 1.54) is 19.3 Å². The number of nitrogens with zero attached hydrogens (tertiary/aromatic N) is 3. The Labute approximate surface area is 133 Å². The number of nitrogens with one attached hydrogen (secondary N) is 1. The van der Waals surface area contributed by atoms with E-state index in [1.54, 1.807) is 10.9 Å². The third-order valence-corrected chi connectivity index (χ3v) is 5.26. The van der Waals surface area contributed by atoms with Crippen LogP contribution in [-0.4, -0.2) is 35.0 Å². The molecule has 2 aliphatic rings. The zero-order valence-electron chi connectivity index (χ0n) is 12.7. The summed E-state index contributed by atoms with van der Waals surface area (Å²) in [4.78, 5) is 15.0. The van der Waals surface area contributed by atoms with Gasteiger partial charge in [-0.3, -0.25) is 4.79 Å². The molecule has 2 fully saturated rings. The standard InChI is InChI=1S/C15H23BrN4O/c1-10-8-19(11(2)6-17-10)14-13(16)7-18-20(15(14)21)9-12-4-3-5-12/h7,10-12,17H,3-6,8-9H2,1-2H3. The zero-order valence-corrected chi connectivity index (χ0v) is 14.3. The van der Waals surface area contributed by atoms with Crippen LogP contribution in [0.5, 0.6) is 0 Å². The molecular weight excluding hydrogens is 332 g/mol. The van der Waals surface area contributed by atoms with Gasteiger partial charge >= 0.3 is 0 Å². The Morgan fingerprint density at radius 3 is 2.86 bits per heavy atom. The third-order valence-electron chi connectivity index (χ3n) is 4.68. The Bertz CT molecular complexity index is 569. The van der Waals surface area contributed by atoms with Crippen LogP contribution in [0, 0.1) is 5.92 Å². The quantitative estimate of drug-likeness (QED) is 0.901. The average Bonchev–Trinajstić information content (AvgIpc) is 2.40. The molecule has 0 spiro atoms. The maximum absolute atomic E-state index is 12.8. The molecule has 116 valence electrons. The number of piperazine rings is 1. The number of aromatic nitrogens is 2. The molecule has 6 heteroatoms. The largest absolute Gasteiger partial charge is 0.361 e. The van der Waals surface area contributed by atoms with E-state index in [0.717, 1.165) is 29.8 Å². The summed E-state index contributed by atoms with van der Waals surface area (Å²) in [5, 5.41) is 7.77. The van der Waals surface area contributed by atoms with Crippen LogP contribution in [0.25, 0.3) is 0 Å². The Kier molecular flexibility index (Phi) is 4.36. The lowest BCUT2D eigenvalue weighted by Crippen LogP contribution is -2.56. The van der Waals surface area contributed by atoms with Gasteiger partial charge < -0.3 is 10.2 Å².